The molecule has 4 N–H and O–H groups in total. The fraction of sp³-hybridized carbons (Fsp3) is 1.00. The van der Waals surface area contributed by atoms with Gasteiger partial charge in [0.1, 0.15) is 0 Å². The van der Waals surface area contributed by atoms with Gasteiger partial charge in [-0.1, -0.05) is 68.2 Å². The standard InChI is InChI=1S/2C6H15N.C5H12/c2*1-3-6(2)4-5-7;1-5(2,3)4/h2*6H,3-5,7H2,1-2H3;1-4H3. The molecule has 0 aliphatic rings. The summed E-state index contributed by atoms with van der Waals surface area (Å²) in [6.07, 6.45) is 4.88. The normalized spacial score (nSPS) is 13.6. The Bertz CT molecular complexity index is 132. The molecule has 2 nitrogen and oxygen atoms in total. The first kappa shape index (κ1) is 24.0. The van der Waals surface area contributed by atoms with Crippen molar-refractivity contribution >= 4 is 0 Å². The molecule has 0 saturated carbocycles. The van der Waals surface area contributed by atoms with E-state index >= 15 is 0 Å². The molecule has 0 rings (SSSR count). The van der Waals surface area contributed by atoms with Crippen molar-refractivity contribution in [3.63, 3.8) is 0 Å². The third-order valence-electron chi connectivity index (χ3n) is 2.71. The molecule has 19 heavy (non-hydrogen) atoms. The third-order valence-corrected chi connectivity index (χ3v) is 2.71. The highest BCUT2D eigenvalue weighted by atomic mass is 14.5. The van der Waals surface area contributed by atoms with Crippen molar-refractivity contribution in [1.29, 1.82) is 0 Å². The van der Waals surface area contributed by atoms with Gasteiger partial charge < -0.3 is 11.5 Å². The molecule has 0 saturated heterocycles. The molecule has 0 bridgehead atoms. The molecule has 0 spiro atoms. The minimum atomic E-state index is 0.500. The van der Waals surface area contributed by atoms with Gasteiger partial charge in [0.25, 0.3) is 0 Å². The zero-order valence-corrected chi connectivity index (χ0v) is 15.1. The summed E-state index contributed by atoms with van der Waals surface area (Å²) in [4.78, 5) is 0. The van der Waals surface area contributed by atoms with Gasteiger partial charge in [-0.25, -0.2) is 0 Å². The maximum Gasteiger partial charge on any atom is -0.00747 e. The highest BCUT2D eigenvalue weighted by Gasteiger charge is 1.95. The Hall–Kier alpha value is -0.0800. The lowest BCUT2D eigenvalue weighted by molar-refractivity contribution is 0.469. The molecule has 0 aliphatic carbocycles. The summed E-state index contributed by atoms with van der Waals surface area (Å²) in [7, 11) is 0. The average molecular weight is 275 g/mol. The Morgan fingerprint density at radius 3 is 1.00 bits per heavy atom. The van der Waals surface area contributed by atoms with Gasteiger partial charge in [0.15, 0.2) is 0 Å². The van der Waals surface area contributed by atoms with Crippen molar-refractivity contribution in [3.05, 3.63) is 0 Å². The van der Waals surface area contributed by atoms with Gasteiger partial charge in [-0.2, -0.15) is 0 Å². The fourth-order valence-corrected chi connectivity index (χ4v) is 0.977. The minimum Gasteiger partial charge on any atom is -0.330 e. The molecule has 0 aromatic rings. The monoisotopic (exact) mass is 274 g/mol. The van der Waals surface area contributed by atoms with Crippen LogP contribution in [-0.2, 0) is 0 Å². The highest BCUT2D eigenvalue weighted by Crippen LogP contribution is 2.08. The third kappa shape index (κ3) is 46.2. The summed E-state index contributed by atoms with van der Waals surface area (Å²) < 4.78 is 0. The number of rotatable bonds is 6. The molecule has 0 aromatic heterocycles. The maximum atomic E-state index is 5.30. The van der Waals surface area contributed by atoms with Crippen LogP contribution in [0.5, 0.6) is 0 Å². The molecule has 0 fully saturated rings. The van der Waals surface area contributed by atoms with Gasteiger partial charge >= 0.3 is 0 Å². The van der Waals surface area contributed by atoms with Crippen molar-refractivity contribution in [2.75, 3.05) is 13.1 Å². The van der Waals surface area contributed by atoms with Gasteiger partial charge in [-0.3, -0.25) is 0 Å². The topological polar surface area (TPSA) is 52.0 Å². The summed E-state index contributed by atoms with van der Waals surface area (Å²) in [5.74, 6) is 1.65. The number of hydrogen-bond donors (Lipinski definition) is 2. The van der Waals surface area contributed by atoms with E-state index < -0.39 is 0 Å². The van der Waals surface area contributed by atoms with Crippen LogP contribution in [0.2, 0.25) is 0 Å². The second kappa shape index (κ2) is 16.0. The van der Waals surface area contributed by atoms with E-state index in [4.69, 9.17) is 11.5 Å². The maximum absolute atomic E-state index is 5.30. The van der Waals surface area contributed by atoms with Crippen LogP contribution in [0.4, 0.5) is 0 Å². The number of nitrogens with two attached hydrogens (primary N) is 2. The summed E-state index contributed by atoms with van der Waals surface area (Å²) >= 11 is 0. The van der Waals surface area contributed by atoms with E-state index in [1.807, 2.05) is 0 Å². The molecule has 2 unspecified atom stereocenters. The molecule has 0 heterocycles. The van der Waals surface area contributed by atoms with Crippen molar-refractivity contribution in [2.24, 2.45) is 28.7 Å². The highest BCUT2D eigenvalue weighted by molar-refractivity contribution is 4.49. The molecule has 0 radical (unpaired) electrons. The van der Waals surface area contributed by atoms with Gasteiger partial charge in [0.05, 0.1) is 0 Å². The average Bonchev–Trinajstić information content (AvgIpc) is 2.28. The second-order valence-corrected chi connectivity index (χ2v) is 7.18. The second-order valence-electron chi connectivity index (χ2n) is 7.18. The van der Waals surface area contributed by atoms with E-state index in [9.17, 15) is 0 Å². The first-order valence-corrected chi connectivity index (χ1v) is 8.02. The Balaban J connectivity index is -0.000000206. The van der Waals surface area contributed by atoms with Crippen LogP contribution in [-0.4, -0.2) is 13.1 Å². The molecule has 0 aliphatic heterocycles. The lowest BCUT2D eigenvalue weighted by Gasteiger charge is -2.05. The predicted molar refractivity (Wildman–Crippen MR) is 91.4 cm³/mol. The molecule has 2 heteroatoms. The van der Waals surface area contributed by atoms with E-state index in [1.54, 1.807) is 0 Å². The predicted octanol–water partition coefficient (Wildman–Crippen LogP) is 4.82. The molecule has 0 aromatic carbocycles. The SMILES string of the molecule is CC(C)(C)C.CCC(C)CCN.CCC(C)CCN. The van der Waals surface area contributed by atoms with Crippen molar-refractivity contribution in [3.8, 4) is 0 Å². The number of hydrogen-bond acceptors (Lipinski definition) is 2. The smallest absolute Gasteiger partial charge is 0.00747 e. The summed E-state index contributed by atoms with van der Waals surface area (Å²) in [5, 5.41) is 0. The first-order valence-electron chi connectivity index (χ1n) is 8.02. The van der Waals surface area contributed by atoms with E-state index in [1.165, 1.54) is 25.7 Å². The van der Waals surface area contributed by atoms with E-state index in [-0.39, 0.29) is 0 Å². The van der Waals surface area contributed by atoms with Gasteiger partial charge in [0, 0.05) is 0 Å². The van der Waals surface area contributed by atoms with Crippen molar-refractivity contribution < 1.29 is 0 Å². The Labute approximate surface area is 123 Å². The summed E-state index contributed by atoms with van der Waals surface area (Å²) in [6, 6.07) is 0. The molecule has 0 amide bonds. The van der Waals surface area contributed by atoms with Crippen LogP contribution in [0.3, 0.4) is 0 Å². The van der Waals surface area contributed by atoms with Crippen LogP contribution in [0.15, 0.2) is 0 Å². The van der Waals surface area contributed by atoms with Gasteiger partial charge in [0.2, 0.25) is 0 Å². The largest absolute Gasteiger partial charge is 0.330 e. The molecule has 2 atom stereocenters. The van der Waals surface area contributed by atoms with Crippen LogP contribution in [0.1, 0.15) is 81.1 Å². The Morgan fingerprint density at radius 2 is 0.947 bits per heavy atom. The lowest BCUT2D eigenvalue weighted by Crippen LogP contribution is -2.04. The minimum absolute atomic E-state index is 0.500. The van der Waals surface area contributed by atoms with Crippen LogP contribution in [0, 0.1) is 17.3 Å². The summed E-state index contributed by atoms with van der Waals surface area (Å²) in [6.45, 7) is 19.3. The summed E-state index contributed by atoms with van der Waals surface area (Å²) in [5.41, 5.74) is 11.1. The lowest BCUT2D eigenvalue weighted by atomic mass is 10.0. The molecule has 120 valence electrons. The first-order chi connectivity index (χ1) is 8.62. The van der Waals surface area contributed by atoms with Gasteiger partial charge in [-0.05, 0) is 43.2 Å². The van der Waals surface area contributed by atoms with E-state index in [0.29, 0.717) is 5.41 Å². The van der Waals surface area contributed by atoms with Gasteiger partial charge in [-0.15, -0.1) is 0 Å². The van der Waals surface area contributed by atoms with E-state index in [0.717, 1.165) is 24.9 Å². The van der Waals surface area contributed by atoms with E-state index in [2.05, 4.69) is 55.4 Å². The zero-order valence-electron chi connectivity index (χ0n) is 15.1. The van der Waals surface area contributed by atoms with Crippen molar-refractivity contribution in [2.45, 2.75) is 81.1 Å². The quantitative estimate of drug-likeness (QED) is 0.730. The van der Waals surface area contributed by atoms with Crippen LogP contribution < -0.4 is 11.5 Å². The van der Waals surface area contributed by atoms with Crippen LogP contribution in [0.25, 0.3) is 0 Å². The molecular weight excluding hydrogens is 232 g/mol. The molecular formula is C17H42N2. The Kier molecular flexibility index (Phi) is 20.2. The fourth-order valence-electron chi connectivity index (χ4n) is 0.977. The van der Waals surface area contributed by atoms with Crippen LogP contribution >= 0.6 is 0 Å². The zero-order chi connectivity index (χ0) is 15.9. The Morgan fingerprint density at radius 1 is 0.737 bits per heavy atom. The van der Waals surface area contributed by atoms with Crippen molar-refractivity contribution in [1.82, 2.24) is 0 Å².